The number of imidazole rings is 1. The van der Waals surface area contributed by atoms with E-state index in [-0.39, 0.29) is 0 Å². The smallest absolute Gasteiger partial charge is 0.138 e. The highest BCUT2D eigenvalue weighted by Gasteiger charge is 2.14. The molecule has 0 saturated heterocycles. The van der Waals surface area contributed by atoms with Gasteiger partial charge in [0.25, 0.3) is 0 Å². The van der Waals surface area contributed by atoms with Gasteiger partial charge in [0, 0.05) is 12.2 Å². The lowest BCUT2D eigenvalue weighted by Crippen LogP contribution is -2.08. The van der Waals surface area contributed by atoms with Gasteiger partial charge >= 0.3 is 0 Å². The van der Waals surface area contributed by atoms with Gasteiger partial charge in [-0.05, 0) is 53.9 Å². The first-order chi connectivity index (χ1) is 9.65. The van der Waals surface area contributed by atoms with Crippen LogP contribution in [0.5, 0.6) is 0 Å². The zero-order chi connectivity index (χ0) is 14.1. The number of fused-ring (bicyclic) bond motifs is 1. The number of aryl methyl sites for hydroxylation is 2. The Labute approximate surface area is 121 Å². The third-order valence-corrected chi connectivity index (χ3v) is 4.11. The third-order valence-electron chi connectivity index (χ3n) is 3.38. The van der Waals surface area contributed by atoms with Gasteiger partial charge in [0.15, 0.2) is 0 Å². The molecule has 3 rings (SSSR count). The summed E-state index contributed by atoms with van der Waals surface area (Å²) < 4.78 is 2.08. The standard InChI is InChI=1S/C15H17N3OS/c1-10(19)15-17-13-8-12(16)2-3-14(13)18(15)6-4-11-5-7-20-9-11/h2-3,5,7-10,19H,4,6,16H2,1H3. The van der Waals surface area contributed by atoms with Crippen LogP contribution in [-0.2, 0) is 13.0 Å². The molecule has 0 aliphatic rings. The average Bonchev–Trinajstić information content (AvgIpc) is 3.02. The SMILES string of the molecule is CC(O)c1nc2cc(N)ccc2n1CCc1ccsc1. The lowest BCUT2D eigenvalue weighted by Gasteiger charge is -2.10. The molecule has 2 aromatic heterocycles. The largest absolute Gasteiger partial charge is 0.399 e. The van der Waals surface area contributed by atoms with Crippen molar-refractivity contribution in [3.8, 4) is 0 Å². The second kappa shape index (κ2) is 5.26. The zero-order valence-corrected chi connectivity index (χ0v) is 12.1. The van der Waals surface area contributed by atoms with Gasteiger partial charge < -0.3 is 15.4 Å². The van der Waals surface area contributed by atoms with Gasteiger partial charge in [-0.3, -0.25) is 0 Å². The summed E-state index contributed by atoms with van der Waals surface area (Å²) in [6.07, 6.45) is 0.338. The van der Waals surface area contributed by atoms with Gasteiger partial charge in [-0.1, -0.05) is 0 Å². The molecule has 0 spiro atoms. The van der Waals surface area contributed by atoms with Gasteiger partial charge in [-0.25, -0.2) is 4.98 Å². The molecule has 0 bridgehead atoms. The number of nitrogens with two attached hydrogens (primary N) is 1. The Kier molecular flexibility index (Phi) is 3.46. The van der Waals surface area contributed by atoms with E-state index < -0.39 is 6.10 Å². The number of hydrogen-bond acceptors (Lipinski definition) is 4. The van der Waals surface area contributed by atoms with E-state index in [9.17, 15) is 5.11 Å². The Morgan fingerprint density at radius 1 is 1.40 bits per heavy atom. The maximum atomic E-state index is 9.92. The molecular weight excluding hydrogens is 270 g/mol. The number of nitrogens with zero attached hydrogens (tertiary/aromatic N) is 2. The summed E-state index contributed by atoms with van der Waals surface area (Å²) in [5.74, 6) is 0.695. The summed E-state index contributed by atoms with van der Waals surface area (Å²) in [6.45, 7) is 2.54. The molecule has 2 heterocycles. The Hall–Kier alpha value is -1.85. The minimum atomic E-state index is -0.592. The summed E-state index contributed by atoms with van der Waals surface area (Å²) in [4.78, 5) is 4.51. The minimum Gasteiger partial charge on any atom is -0.399 e. The fourth-order valence-corrected chi connectivity index (χ4v) is 3.10. The van der Waals surface area contributed by atoms with Crippen molar-refractivity contribution in [1.29, 1.82) is 0 Å². The predicted octanol–water partition coefficient (Wildman–Crippen LogP) is 2.98. The Balaban J connectivity index is 2.00. The first kappa shape index (κ1) is 13.1. The lowest BCUT2D eigenvalue weighted by atomic mass is 10.2. The molecule has 0 saturated carbocycles. The van der Waals surface area contributed by atoms with Crippen LogP contribution < -0.4 is 5.73 Å². The summed E-state index contributed by atoms with van der Waals surface area (Å²) in [5, 5.41) is 14.2. The number of aliphatic hydroxyl groups excluding tert-OH is 1. The molecule has 0 aliphatic heterocycles. The molecule has 3 N–H and O–H groups in total. The van der Waals surface area contributed by atoms with Crippen molar-refractivity contribution in [2.24, 2.45) is 0 Å². The van der Waals surface area contributed by atoms with Crippen LogP contribution in [0, 0.1) is 0 Å². The fourth-order valence-electron chi connectivity index (χ4n) is 2.40. The molecular formula is C15H17N3OS. The average molecular weight is 287 g/mol. The van der Waals surface area contributed by atoms with Crippen molar-refractivity contribution in [3.63, 3.8) is 0 Å². The molecule has 0 fully saturated rings. The molecule has 5 heteroatoms. The van der Waals surface area contributed by atoms with E-state index in [0.29, 0.717) is 11.5 Å². The molecule has 1 aromatic carbocycles. The van der Waals surface area contributed by atoms with E-state index in [1.807, 2.05) is 18.2 Å². The van der Waals surface area contributed by atoms with Crippen molar-refractivity contribution in [3.05, 3.63) is 46.4 Å². The van der Waals surface area contributed by atoms with Crippen molar-refractivity contribution in [2.75, 3.05) is 5.73 Å². The van der Waals surface area contributed by atoms with Crippen molar-refractivity contribution < 1.29 is 5.11 Å². The van der Waals surface area contributed by atoms with Crippen molar-refractivity contribution in [2.45, 2.75) is 26.0 Å². The number of hydrogen-bond donors (Lipinski definition) is 2. The number of aliphatic hydroxyl groups is 1. The van der Waals surface area contributed by atoms with Crippen LogP contribution in [0.4, 0.5) is 5.69 Å². The van der Waals surface area contributed by atoms with Gasteiger partial charge in [0.05, 0.1) is 11.0 Å². The summed E-state index contributed by atoms with van der Waals surface area (Å²) in [5.41, 5.74) is 9.66. The van der Waals surface area contributed by atoms with Crippen LogP contribution in [-0.4, -0.2) is 14.7 Å². The van der Waals surface area contributed by atoms with Gasteiger partial charge in [-0.15, -0.1) is 0 Å². The van der Waals surface area contributed by atoms with Crippen LogP contribution in [0.1, 0.15) is 24.4 Å². The Morgan fingerprint density at radius 3 is 2.95 bits per heavy atom. The zero-order valence-electron chi connectivity index (χ0n) is 11.3. The van der Waals surface area contributed by atoms with Crippen LogP contribution in [0.15, 0.2) is 35.0 Å². The highest BCUT2D eigenvalue weighted by molar-refractivity contribution is 7.07. The minimum absolute atomic E-state index is 0.592. The van der Waals surface area contributed by atoms with Crippen LogP contribution in [0.2, 0.25) is 0 Å². The van der Waals surface area contributed by atoms with Gasteiger partial charge in [0.1, 0.15) is 11.9 Å². The molecule has 4 nitrogen and oxygen atoms in total. The van der Waals surface area contributed by atoms with E-state index in [0.717, 1.165) is 24.0 Å². The topological polar surface area (TPSA) is 64.1 Å². The highest BCUT2D eigenvalue weighted by atomic mass is 32.1. The van der Waals surface area contributed by atoms with E-state index in [2.05, 4.69) is 26.4 Å². The fraction of sp³-hybridized carbons (Fsp3) is 0.267. The molecule has 0 radical (unpaired) electrons. The number of benzene rings is 1. The maximum Gasteiger partial charge on any atom is 0.138 e. The first-order valence-electron chi connectivity index (χ1n) is 6.60. The van der Waals surface area contributed by atoms with E-state index in [4.69, 9.17) is 5.73 Å². The summed E-state index contributed by atoms with van der Waals surface area (Å²) in [6, 6.07) is 7.82. The number of thiophene rings is 1. The molecule has 1 atom stereocenters. The quantitative estimate of drug-likeness (QED) is 0.725. The van der Waals surface area contributed by atoms with E-state index in [1.165, 1.54) is 5.56 Å². The summed E-state index contributed by atoms with van der Waals surface area (Å²) >= 11 is 1.70. The van der Waals surface area contributed by atoms with Crippen LogP contribution in [0.3, 0.4) is 0 Å². The number of aromatic nitrogens is 2. The van der Waals surface area contributed by atoms with Crippen molar-refractivity contribution >= 4 is 28.1 Å². The molecule has 3 aromatic rings. The molecule has 20 heavy (non-hydrogen) atoms. The molecule has 104 valence electrons. The van der Waals surface area contributed by atoms with E-state index >= 15 is 0 Å². The Bertz CT molecular complexity index is 716. The van der Waals surface area contributed by atoms with Gasteiger partial charge in [-0.2, -0.15) is 11.3 Å². The van der Waals surface area contributed by atoms with Crippen LogP contribution >= 0.6 is 11.3 Å². The first-order valence-corrected chi connectivity index (χ1v) is 7.54. The lowest BCUT2D eigenvalue weighted by molar-refractivity contribution is 0.184. The highest BCUT2D eigenvalue weighted by Crippen LogP contribution is 2.23. The Morgan fingerprint density at radius 2 is 2.25 bits per heavy atom. The molecule has 0 aliphatic carbocycles. The predicted molar refractivity (Wildman–Crippen MR) is 82.8 cm³/mol. The summed E-state index contributed by atoms with van der Waals surface area (Å²) in [7, 11) is 0. The number of anilines is 1. The van der Waals surface area contributed by atoms with Gasteiger partial charge in [0.2, 0.25) is 0 Å². The third kappa shape index (κ3) is 2.42. The monoisotopic (exact) mass is 287 g/mol. The second-order valence-corrected chi connectivity index (χ2v) is 5.71. The molecule has 0 amide bonds. The maximum absolute atomic E-state index is 9.92. The number of nitrogen functional groups attached to an aromatic ring is 1. The number of rotatable bonds is 4. The molecule has 1 unspecified atom stereocenters. The second-order valence-electron chi connectivity index (χ2n) is 4.93. The van der Waals surface area contributed by atoms with Crippen LogP contribution in [0.25, 0.3) is 11.0 Å². The van der Waals surface area contributed by atoms with Crippen molar-refractivity contribution in [1.82, 2.24) is 9.55 Å². The van der Waals surface area contributed by atoms with E-state index in [1.54, 1.807) is 18.3 Å². The normalized spacial score (nSPS) is 12.9.